The summed E-state index contributed by atoms with van der Waals surface area (Å²) < 4.78 is 0. The van der Waals surface area contributed by atoms with Gasteiger partial charge in [0, 0.05) is 17.7 Å². The van der Waals surface area contributed by atoms with Crippen molar-refractivity contribution in [3.05, 3.63) is 88.0 Å². The summed E-state index contributed by atoms with van der Waals surface area (Å²) in [6.45, 7) is 0. The fourth-order valence-electron chi connectivity index (χ4n) is 2.56. The van der Waals surface area contributed by atoms with Crippen molar-refractivity contribution in [1.82, 2.24) is 5.43 Å². The van der Waals surface area contributed by atoms with Crippen LogP contribution in [0.25, 0.3) is 10.8 Å². The lowest BCUT2D eigenvalue weighted by Gasteiger charge is -2.05. The molecule has 0 saturated carbocycles. The second kappa shape index (κ2) is 7.35. The molecule has 1 N–H and O–H groups in total. The van der Waals surface area contributed by atoms with Crippen LogP contribution in [0.4, 0.5) is 5.69 Å². The largest absolute Gasteiger partial charge is 0.273 e. The van der Waals surface area contributed by atoms with E-state index in [1.807, 2.05) is 42.5 Å². The van der Waals surface area contributed by atoms with Crippen molar-refractivity contribution in [2.75, 3.05) is 0 Å². The van der Waals surface area contributed by atoms with Crippen molar-refractivity contribution >= 4 is 28.6 Å². The van der Waals surface area contributed by atoms with E-state index in [1.54, 1.807) is 12.1 Å². The van der Waals surface area contributed by atoms with Crippen LogP contribution in [0.3, 0.4) is 0 Å². The highest BCUT2D eigenvalue weighted by Crippen LogP contribution is 2.18. The van der Waals surface area contributed by atoms with E-state index in [9.17, 15) is 14.9 Å². The molecule has 0 saturated heterocycles. The number of benzene rings is 3. The van der Waals surface area contributed by atoms with Gasteiger partial charge in [0.05, 0.1) is 17.6 Å². The number of amides is 1. The van der Waals surface area contributed by atoms with Gasteiger partial charge in [-0.1, -0.05) is 54.6 Å². The number of nitrogens with one attached hydrogen (secondary N) is 1. The van der Waals surface area contributed by atoms with Gasteiger partial charge in [0.2, 0.25) is 5.91 Å². The molecule has 25 heavy (non-hydrogen) atoms. The Kier molecular flexibility index (Phi) is 4.80. The molecule has 0 spiro atoms. The summed E-state index contributed by atoms with van der Waals surface area (Å²) in [4.78, 5) is 22.3. The van der Waals surface area contributed by atoms with E-state index in [-0.39, 0.29) is 18.0 Å². The molecule has 6 nitrogen and oxygen atoms in total. The molecule has 3 aromatic rings. The molecule has 3 rings (SSSR count). The van der Waals surface area contributed by atoms with Crippen LogP contribution in [-0.4, -0.2) is 17.0 Å². The molecule has 0 heterocycles. The van der Waals surface area contributed by atoms with E-state index in [0.717, 1.165) is 16.3 Å². The number of non-ortho nitro benzene ring substituents is 1. The van der Waals surface area contributed by atoms with Gasteiger partial charge in [-0.3, -0.25) is 14.9 Å². The number of fused-ring (bicyclic) bond motifs is 1. The lowest BCUT2D eigenvalue weighted by atomic mass is 10.0. The van der Waals surface area contributed by atoms with E-state index >= 15 is 0 Å². The van der Waals surface area contributed by atoms with Crippen LogP contribution >= 0.6 is 0 Å². The van der Waals surface area contributed by atoms with Crippen LogP contribution in [0.15, 0.2) is 71.8 Å². The maximum atomic E-state index is 12.1. The zero-order chi connectivity index (χ0) is 17.6. The van der Waals surface area contributed by atoms with Crippen LogP contribution in [0.5, 0.6) is 0 Å². The molecular weight excluding hydrogens is 318 g/mol. The van der Waals surface area contributed by atoms with E-state index in [4.69, 9.17) is 0 Å². The Morgan fingerprint density at radius 1 is 1.08 bits per heavy atom. The lowest BCUT2D eigenvalue weighted by Crippen LogP contribution is -2.19. The summed E-state index contributed by atoms with van der Waals surface area (Å²) in [6.07, 6.45) is 1.58. The SMILES string of the molecule is O=C(Cc1cccc2ccccc12)NN=Cc1cccc([N+](=O)[O-])c1. The van der Waals surface area contributed by atoms with Crippen LogP contribution in [0.2, 0.25) is 0 Å². The van der Waals surface area contributed by atoms with Gasteiger partial charge >= 0.3 is 0 Å². The molecule has 0 aromatic heterocycles. The Bertz CT molecular complexity index is 962. The highest BCUT2D eigenvalue weighted by Gasteiger charge is 2.06. The topological polar surface area (TPSA) is 84.6 Å². The first-order chi connectivity index (χ1) is 12.1. The fourth-order valence-corrected chi connectivity index (χ4v) is 2.56. The summed E-state index contributed by atoms with van der Waals surface area (Å²) in [5.41, 5.74) is 3.89. The average molecular weight is 333 g/mol. The standard InChI is InChI=1S/C19H15N3O3/c23-19(12-16-8-4-7-15-6-1-2-10-18(15)16)21-20-13-14-5-3-9-17(11-14)22(24)25/h1-11,13H,12H2,(H,21,23). The first-order valence-electron chi connectivity index (χ1n) is 7.66. The summed E-state index contributed by atoms with van der Waals surface area (Å²) in [7, 11) is 0. The third-order valence-electron chi connectivity index (χ3n) is 3.71. The minimum Gasteiger partial charge on any atom is -0.273 e. The Hall–Kier alpha value is -3.54. The Balaban J connectivity index is 1.66. The zero-order valence-electron chi connectivity index (χ0n) is 13.3. The molecule has 0 radical (unpaired) electrons. The van der Waals surface area contributed by atoms with Gasteiger partial charge < -0.3 is 0 Å². The fraction of sp³-hybridized carbons (Fsp3) is 0.0526. The predicted octanol–water partition coefficient (Wildman–Crippen LogP) is 3.44. The maximum absolute atomic E-state index is 12.1. The van der Waals surface area contributed by atoms with E-state index in [0.29, 0.717) is 5.56 Å². The van der Waals surface area contributed by atoms with E-state index < -0.39 is 4.92 Å². The monoisotopic (exact) mass is 333 g/mol. The van der Waals surface area contributed by atoms with Gasteiger partial charge in [-0.2, -0.15) is 5.10 Å². The first kappa shape index (κ1) is 16.3. The molecule has 0 aliphatic heterocycles. The smallest absolute Gasteiger partial charge is 0.270 e. The minimum atomic E-state index is -0.476. The predicted molar refractivity (Wildman–Crippen MR) is 96.5 cm³/mol. The highest BCUT2D eigenvalue weighted by molar-refractivity contribution is 5.90. The van der Waals surface area contributed by atoms with Crippen molar-refractivity contribution in [3.8, 4) is 0 Å². The molecule has 3 aromatic carbocycles. The van der Waals surface area contributed by atoms with Gasteiger partial charge in [0.15, 0.2) is 0 Å². The summed E-state index contributed by atoms with van der Waals surface area (Å²) in [5.74, 6) is -0.252. The number of hydrazone groups is 1. The van der Waals surface area contributed by atoms with Crippen molar-refractivity contribution < 1.29 is 9.72 Å². The number of carbonyl (C=O) groups is 1. The van der Waals surface area contributed by atoms with Gasteiger partial charge in [0.1, 0.15) is 0 Å². The van der Waals surface area contributed by atoms with Crippen LogP contribution in [0, 0.1) is 10.1 Å². The number of carbonyl (C=O) groups excluding carboxylic acids is 1. The second-order valence-corrected chi connectivity index (χ2v) is 5.46. The molecule has 0 aliphatic rings. The van der Waals surface area contributed by atoms with Gasteiger partial charge in [-0.05, 0) is 16.3 Å². The lowest BCUT2D eigenvalue weighted by molar-refractivity contribution is -0.384. The molecule has 0 atom stereocenters. The number of rotatable bonds is 5. The molecule has 124 valence electrons. The van der Waals surface area contributed by atoms with Crippen molar-refractivity contribution in [1.29, 1.82) is 0 Å². The van der Waals surface area contributed by atoms with E-state index in [1.165, 1.54) is 18.3 Å². The molecule has 0 aliphatic carbocycles. The number of nitro benzene ring substituents is 1. The van der Waals surface area contributed by atoms with Crippen LogP contribution < -0.4 is 5.43 Å². The van der Waals surface area contributed by atoms with Crippen molar-refractivity contribution in [2.45, 2.75) is 6.42 Å². The Morgan fingerprint density at radius 3 is 2.68 bits per heavy atom. The third-order valence-corrected chi connectivity index (χ3v) is 3.71. The van der Waals surface area contributed by atoms with Crippen molar-refractivity contribution in [2.24, 2.45) is 5.10 Å². The summed E-state index contributed by atoms with van der Waals surface area (Å²) in [6, 6.07) is 19.7. The third kappa shape index (κ3) is 4.06. The highest BCUT2D eigenvalue weighted by atomic mass is 16.6. The number of nitrogens with zero attached hydrogens (tertiary/aromatic N) is 2. The first-order valence-corrected chi connectivity index (χ1v) is 7.66. The average Bonchev–Trinajstić information content (AvgIpc) is 2.62. The van der Waals surface area contributed by atoms with Crippen LogP contribution in [-0.2, 0) is 11.2 Å². The van der Waals surface area contributed by atoms with Gasteiger partial charge in [0.25, 0.3) is 5.69 Å². The normalized spacial score (nSPS) is 10.9. The maximum Gasteiger partial charge on any atom is 0.270 e. The summed E-state index contributed by atoms with van der Waals surface area (Å²) >= 11 is 0. The van der Waals surface area contributed by atoms with Gasteiger partial charge in [-0.25, -0.2) is 5.43 Å². The summed E-state index contributed by atoms with van der Waals surface area (Å²) in [5, 5.41) is 16.7. The Labute approximate surface area is 143 Å². The number of nitro groups is 1. The van der Waals surface area contributed by atoms with Gasteiger partial charge in [-0.15, -0.1) is 0 Å². The molecule has 0 unspecified atom stereocenters. The van der Waals surface area contributed by atoms with Crippen molar-refractivity contribution in [3.63, 3.8) is 0 Å². The zero-order valence-corrected chi connectivity index (χ0v) is 13.3. The Morgan fingerprint density at radius 2 is 1.84 bits per heavy atom. The van der Waals surface area contributed by atoms with E-state index in [2.05, 4.69) is 10.5 Å². The molecular formula is C19H15N3O3. The minimum absolute atomic E-state index is 0.0222. The molecule has 1 amide bonds. The quantitative estimate of drug-likeness (QED) is 0.441. The number of hydrogen-bond donors (Lipinski definition) is 1. The van der Waals surface area contributed by atoms with Crippen LogP contribution in [0.1, 0.15) is 11.1 Å². The molecule has 0 bridgehead atoms. The number of hydrogen-bond acceptors (Lipinski definition) is 4. The second-order valence-electron chi connectivity index (χ2n) is 5.46. The molecule has 6 heteroatoms. The molecule has 0 fully saturated rings.